The second-order valence-electron chi connectivity index (χ2n) is 5.63. The number of rotatable bonds is 3. The van der Waals surface area contributed by atoms with Gasteiger partial charge in [0.2, 0.25) is 0 Å². The van der Waals surface area contributed by atoms with Gasteiger partial charge in [0.05, 0.1) is 0 Å². The number of benzene rings is 1. The maximum atomic E-state index is 12.5. The number of carboxylic acid groups (broad SMARTS) is 1. The highest BCUT2D eigenvalue weighted by atomic mass is 16.4. The summed E-state index contributed by atoms with van der Waals surface area (Å²) < 4.78 is 0. The number of carbonyl (C=O) groups is 2. The smallest absolute Gasteiger partial charge is 0.303 e. The van der Waals surface area contributed by atoms with Crippen LogP contribution in [0.15, 0.2) is 30.3 Å². The molecule has 2 aromatic rings. The van der Waals surface area contributed by atoms with Gasteiger partial charge < -0.3 is 15.0 Å². The Morgan fingerprint density at radius 2 is 2.14 bits per heavy atom. The summed E-state index contributed by atoms with van der Waals surface area (Å²) in [6.45, 7) is 1.23. The van der Waals surface area contributed by atoms with Crippen LogP contribution >= 0.6 is 0 Å². The molecule has 5 nitrogen and oxygen atoms in total. The average molecular weight is 286 g/mol. The molecule has 2 heterocycles. The van der Waals surface area contributed by atoms with E-state index in [0.29, 0.717) is 18.8 Å². The van der Waals surface area contributed by atoms with Crippen LogP contribution in [0.3, 0.4) is 0 Å². The zero-order chi connectivity index (χ0) is 14.8. The van der Waals surface area contributed by atoms with Crippen molar-refractivity contribution < 1.29 is 14.7 Å². The lowest BCUT2D eigenvalue weighted by Crippen LogP contribution is -2.40. The minimum Gasteiger partial charge on any atom is -0.481 e. The highest BCUT2D eigenvalue weighted by molar-refractivity contribution is 5.98. The number of nitrogens with zero attached hydrogens (tertiary/aromatic N) is 1. The average Bonchev–Trinajstić information content (AvgIpc) is 2.90. The van der Waals surface area contributed by atoms with Crippen molar-refractivity contribution in [2.24, 2.45) is 5.92 Å². The van der Waals surface area contributed by atoms with Crippen LogP contribution in [0.4, 0.5) is 0 Å². The van der Waals surface area contributed by atoms with Crippen LogP contribution in [0.2, 0.25) is 0 Å². The number of hydrogen-bond donors (Lipinski definition) is 2. The monoisotopic (exact) mass is 286 g/mol. The van der Waals surface area contributed by atoms with Gasteiger partial charge in [0.25, 0.3) is 5.91 Å². The van der Waals surface area contributed by atoms with E-state index < -0.39 is 5.97 Å². The summed E-state index contributed by atoms with van der Waals surface area (Å²) in [6.07, 6.45) is 1.88. The van der Waals surface area contributed by atoms with Crippen molar-refractivity contribution in [1.29, 1.82) is 0 Å². The van der Waals surface area contributed by atoms with E-state index in [1.165, 1.54) is 0 Å². The molecule has 5 heteroatoms. The second kappa shape index (κ2) is 5.60. The van der Waals surface area contributed by atoms with E-state index in [1.807, 2.05) is 30.3 Å². The maximum Gasteiger partial charge on any atom is 0.303 e. The van der Waals surface area contributed by atoms with Crippen molar-refractivity contribution in [2.45, 2.75) is 19.3 Å². The van der Waals surface area contributed by atoms with Gasteiger partial charge in [-0.25, -0.2) is 0 Å². The minimum absolute atomic E-state index is 0.0405. The standard InChI is InChI=1S/C16H18N2O3/c19-15(20)8-11-4-3-7-18(10-11)16(21)14-9-12-5-1-2-6-13(12)17-14/h1-2,5-6,9,11,17H,3-4,7-8,10H2,(H,19,20). The molecule has 1 atom stereocenters. The van der Waals surface area contributed by atoms with Gasteiger partial charge in [0.15, 0.2) is 0 Å². The summed E-state index contributed by atoms with van der Waals surface area (Å²) in [7, 11) is 0. The van der Waals surface area contributed by atoms with E-state index in [4.69, 9.17) is 5.11 Å². The van der Waals surface area contributed by atoms with Crippen molar-refractivity contribution in [2.75, 3.05) is 13.1 Å². The van der Waals surface area contributed by atoms with E-state index in [0.717, 1.165) is 23.7 Å². The first-order valence-corrected chi connectivity index (χ1v) is 7.22. The Morgan fingerprint density at radius 1 is 1.33 bits per heavy atom. The molecule has 1 aliphatic rings. The van der Waals surface area contributed by atoms with E-state index in [1.54, 1.807) is 4.90 Å². The second-order valence-corrected chi connectivity index (χ2v) is 5.63. The summed E-state index contributed by atoms with van der Waals surface area (Å²) in [5.74, 6) is -0.772. The SMILES string of the molecule is O=C(O)CC1CCCN(C(=O)c2cc3ccccc3[nH]2)C1. The summed E-state index contributed by atoms with van der Waals surface area (Å²) in [6, 6.07) is 9.63. The predicted molar refractivity (Wildman–Crippen MR) is 79.2 cm³/mol. The number of likely N-dealkylation sites (tertiary alicyclic amines) is 1. The van der Waals surface area contributed by atoms with Crippen molar-refractivity contribution >= 4 is 22.8 Å². The van der Waals surface area contributed by atoms with Crippen LogP contribution in [0.25, 0.3) is 10.9 Å². The highest BCUT2D eigenvalue weighted by Gasteiger charge is 2.26. The van der Waals surface area contributed by atoms with E-state index >= 15 is 0 Å². The molecule has 1 fully saturated rings. The van der Waals surface area contributed by atoms with Gasteiger partial charge in [-0.05, 0) is 30.9 Å². The fraction of sp³-hybridized carbons (Fsp3) is 0.375. The molecule has 1 aliphatic heterocycles. The van der Waals surface area contributed by atoms with E-state index in [-0.39, 0.29) is 18.2 Å². The number of aliphatic carboxylic acids is 1. The van der Waals surface area contributed by atoms with Crippen molar-refractivity contribution in [3.63, 3.8) is 0 Å². The fourth-order valence-electron chi connectivity index (χ4n) is 3.02. The number of nitrogens with one attached hydrogen (secondary N) is 1. The van der Waals surface area contributed by atoms with Crippen molar-refractivity contribution in [3.8, 4) is 0 Å². The van der Waals surface area contributed by atoms with Gasteiger partial charge in [-0.3, -0.25) is 9.59 Å². The number of carboxylic acids is 1. The molecule has 1 aromatic heterocycles. The van der Waals surface area contributed by atoms with Crippen LogP contribution in [0, 0.1) is 5.92 Å². The molecule has 0 saturated carbocycles. The Labute approximate surface area is 122 Å². The molecule has 110 valence electrons. The molecule has 2 N–H and O–H groups in total. The number of piperidine rings is 1. The molecule has 1 unspecified atom stereocenters. The predicted octanol–water partition coefficient (Wildman–Crippen LogP) is 2.49. The molecule has 1 aromatic carbocycles. The molecule has 21 heavy (non-hydrogen) atoms. The van der Waals surface area contributed by atoms with Crippen molar-refractivity contribution in [1.82, 2.24) is 9.88 Å². The van der Waals surface area contributed by atoms with Crippen LogP contribution in [-0.2, 0) is 4.79 Å². The lowest BCUT2D eigenvalue weighted by atomic mass is 9.94. The van der Waals surface area contributed by atoms with E-state index in [9.17, 15) is 9.59 Å². The number of para-hydroxylation sites is 1. The van der Waals surface area contributed by atoms with Crippen LogP contribution in [-0.4, -0.2) is 40.0 Å². The van der Waals surface area contributed by atoms with E-state index in [2.05, 4.69) is 4.98 Å². The van der Waals surface area contributed by atoms with Crippen molar-refractivity contribution in [3.05, 3.63) is 36.0 Å². The first kappa shape index (κ1) is 13.7. The first-order valence-electron chi connectivity index (χ1n) is 7.22. The third-order valence-corrected chi connectivity index (χ3v) is 4.03. The third-order valence-electron chi connectivity index (χ3n) is 4.03. The van der Waals surface area contributed by atoms with Crippen LogP contribution in [0.1, 0.15) is 29.8 Å². The number of aromatic nitrogens is 1. The topological polar surface area (TPSA) is 73.4 Å². The molecule has 0 spiro atoms. The van der Waals surface area contributed by atoms with Gasteiger partial charge in [-0.2, -0.15) is 0 Å². The Balaban J connectivity index is 1.76. The Hall–Kier alpha value is -2.30. The molecule has 0 bridgehead atoms. The lowest BCUT2D eigenvalue weighted by Gasteiger charge is -2.31. The van der Waals surface area contributed by atoms with Gasteiger partial charge in [0, 0.05) is 30.4 Å². The van der Waals surface area contributed by atoms with Crippen LogP contribution in [0.5, 0.6) is 0 Å². The summed E-state index contributed by atoms with van der Waals surface area (Å²) in [5, 5.41) is 9.91. The van der Waals surface area contributed by atoms with Gasteiger partial charge in [0.1, 0.15) is 5.69 Å². The molecule has 1 amide bonds. The molecular weight excluding hydrogens is 268 g/mol. The summed E-state index contributed by atoms with van der Waals surface area (Å²) in [4.78, 5) is 28.3. The number of aromatic amines is 1. The maximum absolute atomic E-state index is 12.5. The first-order chi connectivity index (χ1) is 10.1. The number of carbonyl (C=O) groups excluding carboxylic acids is 1. The Bertz CT molecular complexity index is 644. The molecule has 1 saturated heterocycles. The largest absolute Gasteiger partial charge is 0.481 e. The Morgan fingerprint density at radius 3 is 2.90 bits per heavy atom. The van der Waals surface area contributed by atoms with Crippen LogP contribution < -0.4 is 0 Å². The van der Waals surface area contributed by atoms with Gasteiger partial charge in [-0.1, -0.05) is 18.2 Å². The highest BCUT2D eigenvalue weighted by Crippen LogP contribution is 2.22. The molecule has 0 aliphatic carbocycles. The lowest BCUT2D eigenvalue weighted by molar-refractivity contribution is -0.138. The van der Waals surface area contributed by atoms with Gasteiger partial charge in [-0.15, -0.1) is 0 Å². The molecule has 0 radical (unpaired) electrons. The number of fused-ring (bicyclic) bond motifs is 1. The Kier molecular flexibility index (Phi) is 3.64. The van der Waals surface area contributed by atoms with Gasteiger partial charge >= 0.3 is 5.97 Å². The zero-order valence-electron chi connectivity index (χ0n) is 11.7. The quantitative estimate of drug-likeness (QED) is 0.910. The summed E-state index contributed by atoms with van der Waals surface area (Å²) in [5.41, 5.74) is 1.52. The molecule has 3 rings (SSSR count). The number of hydrogen-bond acceptors (Lipinski definition) is 2. The number of amides is 1. The fourth-order valence-corrected chi connectivity index (χ4v) is 3.02. The third kappa shape index (κ3) is 2.91. The zero-order valence-corrected chi connectivity index (χ0v) is 11.7. The normalized spacial score (nSPS) is 18.9. The summed E-state index contributed by atoms with van der Waals surface area (Å²) >= 11 is 0. The number of H-pyrrole nitrogens is 1. The molecular formula is C16H18N2O3. The minimum atomic E-state index is -0.792.